The number of aromatic carboxylic acids is 1. The van der Waals surface area contributed by atoms with Crippen molar-refractivity contribution in [1.82, 2.24) is 15.6 Å². The van der Waals surface area contributed by atoms with Gasteiger partial charge in [0.05, 0.1) is 11.5 Å². The summed E-state index contributed by atoms with van der Waals surface area (Å²) in [6.45, 7) is 0. The quantitative estimate of drug-likeness (QED) is 0.154. The normalized spacial score (nSPS) is 15.4. The number of benzene rings is 2. The van der Waals surface area contributed by atoms with Crippen LogP contribution >= 0.6 is 19.9 Å². The number of aromatic nitrogens is 1. The van der Waals surface area contributed by atoms with Crippen LogP contribution in [-0.2, 0) is 11.2 Å². The first-order valence-electron chi connectivity index (χ1n) is 10.6. The minimum Gasteiger partial charge on any atom is -0.534 e. The van der Waals surface area contributed by atoms with Gasteiger partial charge in [-0.3, -0.25) is 9.59 Å². The van der Waals surface area contributed by atoms with Gasteiger partial charge < -0.3 is 45.5 Å². The number of nitrogens with two attached hydrogens (primary N) is 1. The molecule has 16 heteroatoms. The van der Waals surface area contributed by atoms with Gasteiger partial charge in [-0.2, -0.15) is 0 Å². The van der Waals surface area contributed by atoms with Gasteiger partial charge in [-0.15, -0.1) is 11.3 Å². The van der Waals surface area contributed by atoms with Gasteiger partial charge in [-0.05, 0) is 35.7 Å². The second-order valence-corrected chi connectivity index (χ2v) is 9.39. The van der Waals surface area contributed by atoms with Crippen molar-refractivity contribution in [1.29, 1.82) is 0 Å². The highest BCUT2D eigenvalue weighted by Crippen LogP contribution is 2.31. The van der Waals surface area contributed by atoms with Gasteiger partial charge in [-0.25, -0.2) is 9.78 Å². The van der Waals surface area contributed by atoms with Crippen molar-refractivity contribution in [2.24, 2.45) is 0 Å². The Morgan fingerprint density at radius 3 is 2.57 bits per heavy atom. The van der Waals surface area contributed by atoms with Gasteiger partial charge in [0.25, 0.3) is 5.91 Å². The summed E-state index contributed by atoms with van der Waals surface area (Å²) in [5, 5.41) is 26.7. The Morgan fingerprint density at radius 1 is 1.22 bits per heavy atom. The van der Waals surface area contributed by atoms with Gasteiger partial charge in [0, 0.05) is 5.38 Å². The average Bonchev–Trinajstić information content (AvgIpc) is 3.29. The highest BCUT2D eigenvalue weighted by atomic mass is 32.1. The van der Waals surface area contributed by atoms with Gasteiger partial charge >= 0.3 is 21.7 Å². The van der Waals surface area contributed by atoms with Crippen LogP contribution in [0.3, 0.4) is 0 Å². The summed E-state index contributed by atoms with van der Waals surface area (Å²) in [5.74, 6) is -3.43. The van der Waals surface area contributed by atoms with Crippen molar-refractivity contribution in [3.8, 4) is 11.5 Å². The molecule has 0 fully saturated rings. The number of para-hydroxylation sites is 1. The molecule has 192 valence electrons. The van der Waals surface area contributed by atoms with Crippen LogP contribution in [0.1, 0.15) is 38.0 Å². The van der Waals surface area contributed by atoms with Gasteiger partial charge in [0.2, 0.25) is 5.91 Å². The lowest BCUT2D eigenvalue weighted by molar-refractivity contribution is -0.123. The summed E-state index contributed by atoms with van der Waals surface area (Å²) < 4.78 is 10.2. The molecular weight excluding hydrogens is 526 g/mol. The Morgan fingerprint density at radius 2 is 1.95 bits per heavy atom. The molecule has 2 amide bonds. The standard InChI is InChI=1S/C21H20BN4O9PS/c23-21-24-14(9-37-21)18(27)26-16(10-4-6-12(7-5-10)35-36(32)33)19(28)25-15-8-11-2-1-3-13(20(29)30)17(11)34-22(15)31/h1-7,9,15-16,31-33H,8H2,(H2,23,24)(H,25,28)(H,26,27)(H,29,30)/t15-,16+/m0/s1. The third kappa shape index (κ3) is 6.16. The zero-order chi connectivity index (χ0) is 26.7. The molecule has 0 spiro atoms. The van der Waals surface area contributed by atoms with Crippen LogP contribution < -0.4 is 25.5 Å². The molecule has 0 saturated carbocycles. The number of thiazole rings is 1. The zero-order valence-electron chi connectivity index (χ0n) is 18.8. The molecule has 1 aromatic heterocycles. The van der Waals surface area contributed by atoms with E-state index in [2.05, 4.69) is 15.6 Å². The van der Waals surface area contributed by atoms with Crippen molar-refractivity contribution in [2.75, 3.05) is 5.73 Å². The summed E-state index contributed by atoms with van der Waals surface area (Å²) in [5.41, 5.74) is 6.26. The number of amides is 2. The van der Waals surface area contributed by atoms with E-state index in [9.17, 15) is 24.5 Å². The van der Waals surface area contributed by atoms with Crippen molar-refractivity contribution in [3.05, 3.63) is 70.2 Å². The number of nitrogens with zero attached hydrogens (tertiary/aromatic N) is 1. The van der Waals surface area contributed by atoms with E-state index in [-0.39, 0.29) is 34.3 Å². The summed E-state index contributed by atoms with van der Waals surface area (Å²) >= 11 is 1.05. The summed E-state index contributed by atoms with van der Waals surface area (Å²) in [6, 6.07) is 8.86. The second-order valence-electron chi connectivity index (χ2n) is 7.82. The number of anilines is 1. The van der Waals surface area contributed by atoms with E-state index in [1.165, 1.54) is 41.8 Å². The molecule has 13 nitrogen and oxygen atoms in total. The van der Waals surface area contributed by atoms with Crippen LogP contribution in [0.15, 0.2) is 47.8 Å². The highest BCUT2D eigenvalue weighted by molar-refractivity contribution is 7.39. The smallest absolute Gasteiger partial charge is 0.534 e. The fourth-order valence-electron chi connectivity index (χ4n) is 3.69. The topological polar surface area (TPSA) is 214 Å². The molecule has 2 atom stereocenters. The number of hydrogen-bond acceptors (Lipinski definition) is 11. The van der Waals surface area contributed by atoms with Crippen LogP contribution in [0, 0.1) is 0 Å². The highest BCUT2D eigenvalue weighted by Gasteiger charge is 2.39. The van der Waals surface area contributed by atoms with Crippen molar-refractivity contribution < 1.29 is 43.5 Å². The first-order valence-corrected chi connectivity index (χ1v) is 12.6. The molecule has 0 aliphatic carbocycles. The number of fused-ring (bicyclic) bond motifs is 1. The maximum Gasteiger partial charge on any atom is 0.547 e. The molecule has 0 saturated heterocycles. The van der Waals surface area contributed by atoms with Gasteiger partial charge in [-0.1, -0.05) is 24.3 Å². The first kappa shape index (κ1) is 26.3. The molecule has 0 unspecified atom stereocenters. The maximum absolute atomic E-state index is 13.3. The van der Waals surface area contributed by atoms with E-state index >= 15 is 0 Å². The summed E-state index contributed by atoms with van der Waals surface area (Å²) in [7, 11) is -4.21. The number of rotatable bonds is 8. The molecule has 0 bridgehead atoms. The summed E-state index contributed by atoms with van der Waals surface area (Å²) in [6.07, 6.45) is 0.0654. The predicted octanol–water partition coefficient (Wildman–Crippen LogP) is 0.625. The Kier molecular flexibility index (Phi) is 7.90. The van der Waals surface area contributed by atoms with E-state index < -0.39 is 45.5 Å². The number of carbonyl (C=O) groups excluding carboxylic acids is 2. The molecular formula is C21H20BN4O9PS. The van der Waals surface area contributed by atoms with Crippen LogP contribution in [-0.4, -0.2) is 55.7 Å². The minimum absolute atomic E-state index is 0.00242. The molecule has 8 N–H and O–H groups in total. The van der Waals surface area contributed by atoms with Crippen LogP contribution in [0.4, 0.5) is 5.13 Å². The van der Waals surface area contributed by atoms with Gasteiger partial charge in [0.1, 0.15) is 23.2 Å². The number of carbonyl (C=O) groups is 3. The van der Waals surface area contributed by atoms with E-state index in [1.54, 1.807) is 6.07 Å². The SMILES string of the molecule is Nc1nc(C(=O)N[C@@H](C(=O)N[C@H]2Cc3cccc(C(=O)O)c3OB2O)c2ccc(OP(O)O)cc2)cs1. The zero-order valence-corrected chi connectivity index (χ0v) is 20.5. The lowest BCUT2D eigenvalue weighted by Gasteiger charge is -2.30. The fraction of sp³-hybridized carbons (Fsp3) is 0.143. The average molecular weight is 546 g/mol. The van der Waals surface area contributed by atoms with Crippen LogP contribution in [0.5, 0.6) is 11.5 Å². The van der Waals surface area contributed by atoms with E-state index in [1.807, 2.05) is 0 Å². The molecule has 37 heavy (non-hydrogen) atoms. The van der Waals surface area contributed by atoms with Crippen LogP contribution in [0.25, 0.3) is 0 Å². The lowest BCUT2D eigenvalue weighted by Crippen LogP contribution is -2.55. The first-order chi connectivity index (χ1) is 17.6. The van der Waals surface area contributed by atoms with E-state index in [0.29, 0.717) is 11.1 Å². The Hall–Kier alpha value is -3.75. The molecule has 0 radical (unpaired) electrons. The van der Waals surface area contributed by atoms with Gasteiger partial charge in [0.15, 0.2) is 5.13 Å². The largest absolute Gasteiger partial charge is 0.547 e. The maximum atomic E-state index is 13.3. The van der Waals surface area contributed by atoms with Crippen molar-refractivity contribution in [2.45, 2.75) is 18.4 Å². The number of carboxylic acid groups (broad SMARTS) is 1. The third-order valence-corrected chi connectivity index (χ3v) is 6.42. The van der Waals surface area contributed by atoms with Crippen LogP contribution in [0.2, 0.25) is 0 Å². The molecule has 4 rings (SSSR count). The Bertz CT molecular complexity index is 1320. The number of nitrogens with one attached hydrogen (secondary N) is 2. The molecule has 2 heterocycles. The second kappa shape index (κ2) is 11.1. The Labute approximate surface area is 215 Å². The minimum atomic E-state index is -2.65. The molecule has 1 aliphatic heterocycles. The molecule has 1 aliphatic rings. The molecule has 2 aromatic carbocycles. The Balaban J connectivity index is 1.57. The van der Waals surface area contributed by atoms with Crippen molar-refractivity contribution in [3.63, 3.8) is 0 Å². The number of carboxylic acids is 1. The molecule has 3 aromatic rings. The fourth-order valence-corrected chi connectivity index (χ4v) is 4.55. The van der Waals surface area contributed by atoms with Crippen molar-refractivity contribution >= 4 is 50.0 Å². The third-order valence-electron chi connectivity index (χ3n) is 5.37. The predicted molar refractivity (Wildman–Crippen MR) is 133 cm³/mol. The van der Waals surface area contributed by atoms with E-state index in [4.69, 9.17) is 24.7 Å². The lowest BCUT2D eigenvalue weighted by atomic mass is 9.72. The van der Waals surface area contributed by atoms with E-state index in [0.717, 1.165) is 11.3 Å². The number of hydrogen-bond donors (Lipinski definition) is 7. The number of nitrogen functional groups attached to an aromatic ring is 1. The monoisotopic (exact) mass is 546 g/mol. The summed E-state index contributed by atoms with van der Waals surface area (Å²) in [4.78, 5) is 59.6.